The van der Waals surface area contributed by atoms with Gasteiger partial charge in [-0.2, -0.15) is 4.40 Å². The average Bonchev–Trinajstić information content (AvgIpc) is 2.55. The van der Waals surface area contributed by atoms with E-state index in [1.807, 2.05) is 0 Å². The van der Waals surface area contributed by atoms with Crippen LogP contribution in [0.15, 0.2) is 39.6 Å². The molecule has 1 fully saturated rings. The molecular formula is C15H24N4O4S2. The maximum atomic E-state index is 12.5. The minimum Gasteiger partial charge on any atom is -0.368 e. The first-order valence-corrected chi connectivity index (χ1v) is 10.9. The molecule has 140 valence electrons. The third-order valence-corrected chi connectivity index (χ3v) is 7.23. The Balaban J connectivity index is 2.16. The Morgan fingerprint density at radius 2 is 1.80 bits per heavy atom. The molecule has 1 aromatic rings. The Morgan fingerprint density at radius 3 is 2.40 bits per heavy atom. The second kappa shape index (κ2) is 7.81. The number of hydrogen-bond donors (Lipinski definition) is 2. The molecule has 3 N–H and O–H groups in total. The molecule has 1 aliphatic rings. The standard InChI is InChI=1S/C15H24N4O4S2/c1-19(2)11-17-24(20,21)13-8-9-14(16)15(10-13)18-25(22,23)12-6-4-3-5-7-12/h3-7,11,13-15,18H,8-10,16H2,1-2H3. The summed E-state index contributed by atoms with van der Waals surface area (Å²) in [5, 5.41) is -0.757. The topological polar surface area (TPSA) is 122 Å². The Labute approximate surface area is 149 Å². The molecule has 0 bridgehead atoms. The van der Waals surface area contributed by atoms with Crippen LogP contribution in [-0.2, 0) is 20.0 Å². The third kappa shape index (κ3) is 5.24. The van der Waals surface area contributed by atoms with Gasteiger partial charge in [-0.05, 0) is 31.4 Å². The first-order valence-electron chi connectivity index (χ1n) is 7.90. The van der Waals surface area contributed by atoms with Crippen LogP contribution >= 0.6 is 0 Å². The Kier molecular flexibility index (Phi) is 6.20. The summed E-state index contributed by atoms with van der Waals surface area (Å²) in [4.78, 5) is 1.65. The van der Waals surface area contributed by atoms with E-state index in [0.29, 0.717) is 12.8 Å². The van der Waals surface area contributed by atoms with Gasteiger partial charge < -0.3 is 10.6 Å². The highest BCUT2D eigenvalue weighted by molar-refractivity contribution is 7.91. The minimum absolute atomic E-state index is 0.0976. The van der Waals surface area contributed by atoms with Crippen molar-refractivity contribution in [3.05, 3.63) is 30.3 Å². The predicted octanol–water partition coefficient (Wildman–Crippen LogP) is 0.133. The molecule has 1 saturated carbocycles. The highest BCUT2D eigenvalue weighted by atomic mass is 32.2. The molecule has 1 aliphatic carbocycles. The highest BCUT2D eigenvalue weighted by Gasteiger charge is 2.37. The predicted molar refractivity (Wildman–Crippen MR) is 97.3 cm³/mol. The van der Waals surface area contributed by atoms with E-state index in [0.717, 1.165) is 0 Å². The van der Waals surface area contributed by atoms with E-state index in [-0.39, 0.29) is 11.3 Å². The molecule has 25 heavy (non-hydrogen) atoms. The summed E-state index contributed by atoms with van der Waals surface area (Å²) in [7, 11) is -4.13. The van der Waals surface area contributed by atoms with Gasteiger partial charge in [0.1, 0.15) is 6.34 Å². The molecule has 0 heterocycles. The SMILES string of the molecule is CN(C)C=NS(=O)(=O)C1CCC(N)C(NS(=O)(=O)c2ccccc2)C1. The van der Waals surface area contributed by atoms with E-state index in [4.69, 9.17) is 5.73 Å². The third-order valence-electron chi connectivity index (χ3n) is 4.06. The first kappa shape index (κ1) is 19.8. The number of nitrogens with zero attached hydrogens (tertiary/aromatic N) is 2. The van der Waals surface area contributed by atoms with Crippen molar-refractivity contribution in [2.75, 3.05) is 14.1 Å². The van der Waals surface area contributed by atoms with Gasteiger partial charge in [0.25, 0.3) is 10.0 Å². The van der Waals surface area contributed by atoms with Crippen LogP contribution in [0.5, 0.6) is 0 Å². The molecule has 0 radical (unpaired) electrons. The van der Waals surface area contributed by atoms with Crippen molar-refractivity contribution in [2.24, 2.45) is 10.1 Å². The Hall–Kier alpha value is -1.49. The van der Waals surface area contributed by atoms with Gasteiger partial charge in [-0.25, -0.2) is 21.6 Å². The summed E-state index contributed by atoms with van der Waals surface area (Å²) < 4.78 is 55.8. The van der Waals surface area contributed by atoms with Crippen molar-refractivity contribution in [1.82, 2.24) is 9.62 Å². The first-order chi connectivity index (χ1) is 11.6. The molecular weight excluding hydrogens is 364 g/mol. The molecule has 0 saturated heterocycles. The van der Waals surface area contributed by atoms with Crippen molar-refractivity contribution in [2.45, 2.75) is 41.5 Å². The van der Waals surface area contributed by atoms with Gasteiger partial charge >= 0.3 is 0 Å². The van der Waals surface area contributed by atoms with Gasteiger partial charge in [-0.15, -0.1) is 0 Å². The van der Waals surface area contributed by atoms with Crippen molar-refractivity contribution >= 4 is 26.4 Å². The van der Waals surface area contributed by atoms with Crippen molar-refractivity contribution < 1.29 is 16.8 Å². The van der Waals surface area contributed by atoms with Gasteiger partial charge in [0.05, 0.1) is 10.1 Å². The lowest BCUT2D eigenvalue weighted by Gasteiger charge is -2.33. The van der Waals surface area contributed by atoms with Crippen LogP contribution in [-0.4, -0.2) is 59.5 Å². The Bertz CT molecular complexity index is 807. The van der Waals surface area contributed by atoms with Gasteiger partial charge in [-0.3, -0.25) is 0 Å². The number of nitrogens with one attached hydrogen (secondary N) is 1. The molecule has 0 aromatic heterocycles. The molecule has 8 nitrogen and oxygen atoms in total. The van der Waals surface area contributed by atoms with Crippen molar-refractivity contribution in [3.63, 3.8) is 0 Å². The van der Waals surface area contributed by atoms with Crippen LogP contribution < -0.4 is 10.5 Å². The zero-order valence-corrected chi connectivity index (χ0v) is 15.9. The molecule has 1 aromatic carbocycles. The fourth-order valence-electron chi connectivity index (χ4n) is 2.67. The molecule has 3 atom stereocenters. The lowest BCUT2D eigenvalue weighted by Crippen LogP contribution is -2.53. The summed E-state index contributed by atoms with van der Waals surface area (Å²) in [6.07, 6.45) is 2.09. The van der Waals surface area contributed by atoms with Crippen LogP contribution in [0, 0.1) is 0 Å². The summed E-state index contributed by atoms with van der Waals surface area (Å²) >= 11 is 0. The maximum absolute atomic E-state index is 12.5. The number of sulfonamides is 2. The summed E-state index contributed by atoms with van der Waals surface area (Å²) in [6.45, 7) is 0. The van der Waals surface area contributed by atoms with E-state index in [9.17, 15) is 16.8 Å². The van der Waals surface area contributed by atoms with Crippen molar-refractivity contribution in [1.29, 1.82) is 0 Å². The number of hydrogen-bond acceptors (Lipinski definition) is 5. The van der Waals surface area contributed by atoms with Crippen LogP contribution in [0.25, 0.3) is 0 Å². The summed E-state index contributed by atoms with van der Waals surface area (Å²) in [6, 6.07) is 6.82. The van der Waals surface area contributed by atoms with E-state index >= 15 is 0 Å². The summed E-state index contributed by atoms with van der Waals surface area (Å²) in [5.74, 6) is 0. The average molecular weight is 389 g/mol. The molecule has 0 spiro atoms. The van der Waals surface area contributed by atoms with Crippen LogP contribution in [0.4, 0.5) is 0 Å². The molecule has 0 amide bonds. The van der Waals surface area contributed by atoms with E-state index in [2.05, 4.69) is 9.12 Å². The fraction of sp³-hybridized carbons (Fsp3) is 0.533. The quantitative estimate of drug-likeness (QED) is 0.528. The zero-order valence-electron chi connectivity index (χ0n) is 14.2. The van der Waals surface area contributed by atoms with Gasteiger partial charge in [0.2, 0.25) is 10.0 Å². The molecule has 3 unspecified atom stereocenters. The lowest BCUT2D eigenvalue weighted by molar-refractivity contribution is 0.359. The highest BCUT2D eigenvalue weighted by Crippen LogP contribution is 2.26. The van der Waals surface area contributed by atoms with Gasteiger partial charge in [-0.1, -0.05) is 18.2 Å². The van der Waals surface area contributed by atoms with E-state index < -0.39 is 37.4 Å². The van der Waals surface area contributed by atoms with Crippen LogP contribution in [0.2, 0.25) is 0 Å². The van der Waals surface area contributed by atoms with E-state index in [1.54, 1.807) is 32.3 Å². The fourth-order valence-corrected chi connectivity index (χ4v) is 5.37. The number of rotatable bonds is 6. The molecule has 2 rings (SSSR count). The molecule has 10 heteroatoms. The monoisotopic (exact) mass is 388 g/mol. The second-order valence-electron chi connectivity index (χ2n) is 6.34. The van der Waals surface area contributed by atoms with Crippen LogP contribution in [0.3, 0.4) is 0 Å². The second-order valence-corrected chi connectivity index (χ2v) is 9.96. The zero-order chi connectivity index (χ0) is 18.7. The van der Waals surface area contributed by atoms with Gasteiger partial charge in [0.15, 0.2) is 0 Å². The maximum Gasteiger partial charge on any atom is 0.257 e. The normalized spacial score (nSPS) is 25.2. The van der Waals surface area contributed by atoms with Gasteiger partial charge in [0, 0.05) is 26.2 Å². The van der Waals surface area contributed by atoms with Crippen molar-refractivity contribution in [3.8, 4) is 0 Å². The minimum atomic E-state index is -3.76. The number of benzene rings is 1. The van der Waals surface area contributed by atoms with Crippen LogP contribution in [0.1, 0.15) is 19.3 Å². The summed E-state index contributed by atoms with van der Waals surface area (Å²) in [5.41, 5.74) is 6.02. The number of nitrogens with two attached hydrogens (primary N) is 1. The Morgan fingerprint density at radius 1 is 1.16 bits per heavy atom. The van der Waals surface area contributed by atoms with E-state index in [1.165, 1.54) is 23.4 Å². The molecule has 0 aliphatic heterocycles. The smallest absolute Gasteiger partial charge is 0.257 e. The lowest BCUT2D eigenvalue weighted by atomic mass is 9.91. The largest absolute Gasteiger partial charge is 0.368 e.